The van der Waals surface area contributed by atoms with Crippen LogP contribution in [-0.2, 0) is 4.74 Å². The fourth-order valence-corrected chi connectivity index (χ4v) is 2.24. The summed E-state index contributed by atoms with van der Waals surface area (Å²) in [5.41, 5.74) is 3.66. The molecule has 6 heteroatoms. The third-order valence-electron chi connectivity index (χ3n) is 3.43. The standard InChI is InChI=1S/C13H23N5O/c1-8(2)11-15-12(17-14)10(4)13(16-11)18-5-6-19-7-9(18)3/h8-9H,5-7,14H2,1-4H3,(H,15,16,17). The van der Waals surface area contributed by atoms with E-state index in [0.29, 0.717) is 11.9 Å². The van der Waals surface area contributed by atoms with Crippen molar-refractivity contribution in [2.24, 2.45) is 5.84 Å². The van der Waals surface area contributed by atoms with Gasteiger partial charge >= 0.3 is 0 Å². The van der Waals surface area contributed by atoms with Crippen LogP contribution in [0.25, 0.3) is 0 Å². The molecule has 1 aromatic rings. The first-order valence-corrected chi connectivity index (χ1v) is 6.74. The van der Waals surface area contributed by atoms with Crippen LogP contribution < -0.4 is 16.2 Å². The second kappa shape index (κ2) is 5.71. The van der Waals surface area contributed by atoms with E-state index in [1.54, 1.807) is 0 Å². The van der Waals surface area contributed by atoms with E-state index in [9.17, 15) is 0 Å². The van der Waals surface area contributed by atoms with Crippen LogP contribution >= 0.6 is 0 Å². The van der Waals surface area contributed by atoms with Gasteiger partial charge in [0.2, 0.25) is 0 Å². The zero-order chi connectivity index (χ0) is 14.0. The van der Waals surface area contributed by atoms with Crippen LogP contribution in [0.3, 0.4) is 0 Å². The molecule has 0 spiro atoms. The molecule has 1 aliphatic heterocycles. The Hall–Kier alpha value is -1.40. The molecule has 19 heavy (non-hydrogen) atoms. The van der Waals surface area contributed by atoms with E-state index < -0.39 is 0 Å². The van der Waals surface area contributed by atoms with Gasteiger partial charge in [0.25, 0.3) is 0 Å². The van der Waals surface area contributed by atoms with Gasteiger partial charge in [0.15, 0.2) is 0 Å². The van der Waals surface area contributed by atoms with Crippen LogP contribution in [0.5, 0.6) is 0 Å². The molecule has 1 atom stereocenters. The van der Waals surface area contributed by atoms with Gasteiger partial charge in [0.1, 0.15) is 17.5 Å². The minimum atomic E-state index is 0.266. The molecule has 2 heterocycles. The average molecular weight is 265 g/mol. The summed E-state index contributed by atoms with van der Waals surface area (Å²) in [6, 6.07) is 0.313. The lowest BCUT2D eigenvalue weighted by Crippen LogP contribution is -2.44. The number of nitrogens with two attached hydrogens (primary N) is 1. The molecule has 1 unspecified atom stereocenters. The van der Waals surface area contributed by atoms with Crippen molar-refractivity contribution in [3.05, 3.63) is 11.4 Å². The molecule has 0 aromatic carbocycles. The fraction of sp³-hybridized carbons (Fsp3) is 0.692. The third kappa shape index (κ3) is 2.79. The van der Waals surface area contributed by atoms with Crippen molar-refractivity contribution < 1.29 is 4.74 Å². The van der Waals surface area contributed by atoms with Crippen LogP contribution in [0.1, 0.15) is 38.1 Å². The highest BCUT2D eigenvalue weighted by molar-refractivity contribution is 5.59. The Morgan fingerprint density at radius 1 is 1.42 bits per heavy atom. The maximum Gasteiger partial charge on any atom is 0.148 e. The van der Waals surface area contributed by atoms with Gasteiger partial charge in [-0.05, 0) is 13.8 Å². The molecule has 6 nitrogen and oxygen atoms in total. The zero-order valence-electron chi connectivity index (χ0n) is 12.1. The summed E-state index contributed by atoms with van der Waals surface area (Å²) in [5.74, 6) is 8.31. The van der Waals surface area contributed by atoms with Crippen molar-refractivity contribution in [1.29, 1.82) is 0 Å². The monoisotopic (exact) mass is 265 g/mol. The first-order valence-electron chi connectivity index (χ1n) is 6.74. The quantitative estimate of drug-likeness (QED) is 0.636. The number of anilines is 2. The highest BCUT2D eigenvalue weighted by Crippen LogP contribution is 2.27. The lowest BCUT2D eigenvalue weighted by Gasteiger charge is -2.35. The Morgan fingerprint density at radius 2 is 2.16 bits per heavy atom. The first-order chi connectivity index (χ1) is 9.04. The summed E-state index contributed by atoms with van der Waals surface area (Å²) in [4.78, 5) is 11.5. The molecule has 0 saturated carbocycles. The van der Waals surface area contributed by atoms with Gasteiger partial charge in [0, 0.05) is 18.0 Å². The smallest absolute Gasteiger partial charge is 0.148 e. The minimum Gasteiger partial charge on any atom is -0.377 e. The Bertz CT molecular complexity index is 449. The normalized spacial score (nSPS) is 19.9. The summed E-state index contributed by atoms with van der Waals surface area (Å²) >= 11 is 0. The van der Waals surface area contributed by atoms with Crippen molar-refractivity contribution in [2.45, 2.75) is 39.7 Å². The van der Waals surface area contributed by atoms with Gasteiger partial charge in [-0.25, -0.2) is 15.8 Å². The summed E-state index contributed by atoms with van der Waals surface area (Å²) < 4.78 is 5.48. The van der Waals surface area contributed by atoms with Crippen molar-refractivity contribution in [1.82, 2.24) is 9.97 Å². The number of ether oxygens (including phenoxy) is 1. The van der Waals surface area contributed by atoms with Gasteiger partial charge in [-0.2, -0.15) is 0 Å². The topological polar surface area (TPSA) is 76.3 Å². The SMILES string of the molecule is Cc1c(NN)nc(C(C)C)nc1N1CCOCC1C. The summed E-state index contributed by atoms with van der Waals surface area (Å²) in [5, 5.41) is 0. The van der Waals surface area contributed by atoms with Gasteiger partial charge in [0.05, 0.1) is 19.3 Å². The van der Waals surface area contributed by atoms with Crippen molar-refractivity contribution in [3.63, 3.8) is 0 Å². The molecular formula is C13H23N5O. The maximum absolute atomic E-state index is 5.57. The number of nitrogen functional groups attached to an aromatic ring is 1. The Kier molecular flexibility index (Phi) is 4.21. The second-order valence-corrected chi connectivity index (χ2v) is 5.30. The lowest BCUT2D eigenvalue weighted by atomic mass is 10.1. The molecule has 2 rings (SSSR count). The first kappa shape index (κ1) is 14.0. The van der Waals surface area contributed by atoms with Crippen LogP contribution in [-0.4, -0.2) is 35.8 Å². The van der Waals surface area contributed by atoms with Crippen LogP contribution in [0, 0.1) is 6.92 Å². The Labute approximate surface area is 114 Å². The van der Waals surface area contributed by atoms with E-state index in [0.717, 1.165) is 37.0 Å². The minimum absolute atomic E-state index is 0.266. The molecule has 106 valence electrons. The third-order valence-corrected chi connectivity index (χ3v) is 3.43. The highest BCUT2D eigenvalue weighted by atomic mass is 16.5. The predicted octanol–water partition coefficient (Wildman–Crippen LogP) is 1.42. The number of aromatic nitrogens is 2. The van der Waals surface area contributed by atoms with E-state index in [2.05, 4.69) is 36.1 Å². The second-order valence-electron chi connectivity index (χ2n) is 5.30. The number of nitrogens with one attached hydrogen (secondary N) is 1. The summed E-state index contributed by atoms with van der Waals surface area (Å²) in [6.07, 6.45) is 0. The van der Waals surface area contributed by atoms with Crippen molar-refractivity contribution in [2.75, 3.05) is 30.1 Å². The highest BCUT2D eigenvalue weighted by Gasteiger charge is 2.24. The van der Waals surface area contributed by atoms with Gasteiger partial charge in [-0.3, -0.25) is 0 Å². The molecule has 0 radical (unpaired) electrons. The summed E-state index contributed by atoms with van der Waals surface area (Å²) in [6.45, 7) is 10.6. The molecule has 1 aromatic heterocycles. The van der Waals surface area contributed by atoms with E-state index in [1.165, 1.54) is 0 Å². The van der Waals surface area contributed by atoms with Crippen LogP contribution in [0.15, 0.2) is 0 Å². The number of hydrogen-bond acceptors (Lipinski definition) is 6. The molecule has 3 N–H and O–H groups in total. The van der Waals surface area contributed by atoms with Gasteiger partial charge in [-0.1, -0.05) is 13.8 Å². The molecule has 1 fully saturated rings. The largest absolute Gasteiger partial charge is 0.377 e. The maximum atomic E-state index is 5.57. The number of morpholine rings is 1. The lowest BCUT2D eigenvalue weighted by molar-refractivity contribution is 0.0984. The molecule has 1 saturated heterocycles. The number of hydrazine groups is 1. The summed E-state index contributed by atoms with van der Waals surface area (Å²) in [7, 11) is 0. The van der Waals surface area contributed by atoms with E-state index >= 15 is 0 Å². The molecule has 1 aliphatic rings. The van der Waals surface area contributed by atoms with Crippen LogP contribution in [0.4, 0.5) is 11.6 Å². The van der Waals surface area contributed by atoms with Crippen molar-refractivity contribution >= 4 is 11.6 Å². The van der Waals surface area contributed by atoms with Crippen LogP contribution in [0.2, 0.25) is 0 Å². The Balaban J connectivity index is 2.45. The number of nitrogens with zero attached hydrogens (tertiary/aromatic N) is 3. The van der Waals surface area contributed by atoms with Crippen molar-refractivity contribution in [3.8, 4) is 0 Å². The van der Waals surface area contributed by atoms with E-state index in [-0.39, 0.29) is 5.92 Å². The van der Waals surface area contributed by atoms with Gasteiger partial charge in [-0.15, -0.1) is 0 Å². The van der Waals surface area contributed by atoms with Gasteiger partial charge < -0.3 is 15.1 Å². The average Bonchev–Trinajstić information content (AvgIpc) is 2.39. The zero-order valence-corrected chi connectivity index (χ0v) is 12.1. The van der Waals surface area contributed by atoms with E-state index in [4.69, 9.17) is 15.6 Å². The Morgan fingerprint density at radius 3 is 2.74 bits per heavy atom. The predicted molar refractivity (Wildman–Crippen MR) is 76.3 cm³/mol. The molecular weight excluding hydrogens is 242 g/mol. The fourth-order valence-electron chi connectivity index (χ4n) is 2.24. The number of hydrogen-bond donors (Lipinski definition) is 2. The number of rotatable bonds is 3. The molecule has 0 amide bonds. The molecule has 0 bridgehead atoms. The van der Waals surface area contributed by atoms with E-state index in [1.807, 2.05) is 6.92 Å². The molecule has 0 aliphatic carbocycles.